The number of carbonyl (C=O) groups excluding carboxylic acids is 3. The van der Waals surface area contributed by atoms with Gasteiger partial charge in [-0.15, -0.1) is 0 Å². The largest absolute Gasteiger partial charge is 0.462 e. The summed E-state index contributed by atoms with van der Waals surface area (Å²) in [5.74, 6) is -0.888. The van der Waals surface area contributed by atoms with Crippen molar-refractivity contribution in [2.24, 2.45) is 0 Å². The highest BCUT2D eigenvalue weighted by atomic mass is 16.6. The number of ether oxygens (including phenoxy) is 3. The molecular formula is C51H96O6. The summed E-state index contributed by atoms with van der Waals surface area (Å²) in [6, 6.07) is 0. The van der Waals surface area contributed by atoms with Gasteiger partial charge in [0.1, 0.15) is 13.2 Å². The highest BCUT2D eigenvalue weighted by molar-refractivity contribution is 5.71. The molecule has 1 atom stereocenters. The molecular weight excluding hydrogens is 709 g/mol. The van der Waals surface area contributed by atoms with Gasteiger partial charge in [-0.1, -0.05) is 226 Å². The maximum absolute atomic E-state index is 12.5. The molecule has 0 radical (unpaired) electrons. The number of hydrogen-bond acceptors (Lipinski definition) is 6. The molecule has 0 saturated carbocycles. The molecule has 336 valence electrons. The summed E-state index contributed by atoms with van der Waals surface area (Å²) < 4.78 is 16.5. The van der Waals surface area contributed by atoms with E-state index in [1.165, 1.54) is 167 Å². The molecule has 0 spiro atoms. The summed E-state index contributed by atoms with van der Waals surface area (Å²) in [6.07, 6.45) is 51.6. The lowest BCUT2D eigenvalue weighted by Crippen LogP contribution is -2.30. The molecule has 0 N–H and O–H groups in total. The Kier molecular flexibility index (Phi) is 45.3. The molecule has 6 heteroatoms. The Hall–Kier alpha value is -1.85. The van der Waals surface area contributed by atoms with Crippen molar-refractivity contribution in [3.8, 4) is 0 Å². The van der Waals surface area contributed by atoms with Crippen LogP contribution in [0.1, 0.15) is 278 Å². The van der Waals surface area contributed by atoms with Crippen LogP contribution < -0.4 is 0 Å². The Bertz CT molecular complexity index is 885. The first-order valence-corrected chi connectivity index (χ1v) is 25.2. The lowest BCUT2D eigenvalue weighted by molar-refractivity contribution is -0.167. The number of allylic oxidation sites excluding steroid dienone is 2. The molecule has 0 amide bonds. The molecule has 0 heterocycles. The first-order chi connectivity index (χ1) is 28.0. The van der Waals surface area contributed by atoms with Gasteiger partial charge in [0, 0.05) is 19.3 Å². The fourth-order valence-corrected chi connectivity index (χ4v) is 7.44. The number of esters is 3. The third-order valence-electron chi connectivity index (χ3n) is 11.3. The van der Waals surface area contributed by atoms with Crippen molar-refractivity contribution >= 4 is 17.9 Å². The third kappa shape index (κ3) is 45.1. The zero-order valence-electron chi connectivity index (χ0n) is 38.4. The fraction of sp³-hybridized carbons (Fsp3) is 0.902. The maximum Gasteiger partial charge on any atom is 0.306 e. The first kappa shape index (κ1) is 55.2. The van der Waals surface area contributed by atoms with Crippen molar-refractivity contribution in [3.63, 3.8) is 0 Å². The SMILES string of the molecule is CCCCCCCCCC/C=C\CCCCCCCCCCCCCCCCCCCC(=O)OCC(COC(=O)CCCCCCC)OC(=O)CCCCCCC. The smallest absolute Gasteiger partial charge is 0.306 e. The number of carbonyl (C=O) groups is 3. The van der Waals surface area contributed by atoms with Gasteiger partial charge in [-0.25, -0.2) is 0 Å². The van der Waals surface area contributed by atoms with E-state index < -0.39 is 6.10 Å². The molecule has 0 rings (SSSR count). The molecule has 0 aliphatic heterocycles. The molecule has 0 fully saturated rings. The van der Waals surface area contributed by atoms with Crippen LogP contribution in [0, 0.1) is 0 Å². The molecule has 57 heavy (non-hydrogen) atoms. The Morgan fingerprint density at radius 1 is 0.333 bits per heavy atom. The van der Waals surface area contributed by atoms with Crippen molar-refractivity contribution in [2.45, 2.75) is 284 Å². The van der Waals surface area contributed by atoms with Crippen molar-refractivity contribution in [3.05, 3.63) is 12.2 Å². The van der Waals surface area contributed by atoms with Crippen molar-refractivity contribution < 1.29 is 28.6 Å². The fourth-order valence-electron chi connectivity index (χ4n) is 7.44. The monoisotopic (exact) mass is 805 g/mol. The van der Waals surface area contributed by atoms with Crippen LogP contribution in [0.4, 0.5) is 0 Å². The molecule has 0 aliphatic rings. The van der Waals surface area contributed by atoms with Gasteiger partial charge in [0.25, 0.3) is 0 Å². The van der Waals surface area contributed by atoms with Crippen LogP contribution in [0.5, 0.6) is 0 Å². The van der Waals surface area contributed by atoms with Gasteiger partial charge in [0.2, 0.25) is 0 Å². The highest BCUT2D eigenvalue weighted by Gasteiger charge is 2.19. The van der Waals surface area contributed by atoms with Crippen LogP contribution in [0.25, 0.3) is 0 Å². The van der Waals surface area contributed by atoms with Gasteiger partial charge in [0.15, 0.2) is 6.10 Å². The minimum Gasteiger partial charge on any atom is -0.462 e. The average Bonchev–Trinajstić information content (AvgIpc) is 3.21. The predicted octanol–water partition coefficient (Wildman–Crippen LogP) is 16.2. The van der Waals surface area contributed by atoms with Gasteiger partial charge in [0.05, 0.1) is 0 Å². The Balaban J connectivity index is 3.75. The van der Waals surface area contributed by atoms with Crippen molar-refractivity contribution in [1.82, 2.24) is 0 Å². The summed E-state index contributed by atoms with van der Waals surface area (Å²) in [4.78, 5) is 37.2. The van der Waals surface area contributed by atoms with Gasteiger partial charge in [-0.05, 0) is 44.9 Å². The molecule has 0 saturated heterocycles. The summed E-state index contributed by atoms with van der Waals surface area (Å²) in [7, 11) is 0. The van der Waals surface area contributed by atoms with E-state index in [1.807, 2.05) is 0 Å². The second-order valence-corrected chi connectivity index (χ2v) is 17.1. The van der Waals surface area contributed by atoms with E-state index in [4.69, 9.17) is 14.2 Å². The van der Waals surface area contributed by atoms with E-state index in [9.17, 15) is 14.4 Å². The zero-order chi connectivity index (χ0) is 41.5. The van der Waals surface area contributed by atoms with E-state index >= 15 is 0 Å². The van der Waals surface area contributed by atoms with Crippen LogP contribution >= 0.6 is 0 Å². The van der Waals surface area contributed by atoms with Crippen molar-refractivity contribution in [2.75, 3.05) is 13.2 Å². The Labute approximate surface area is 354 Å². The van der Waals surface area contributed by atoms with Crippen LogP contribution in [0.15, 0.2) is 12.2 Å². The van der Waals surface area contributed by atoms with E-state index in [-0.39, 0.29) is 31.1 Å². The molecule has 1 unspecified atom stereocenters. The minimum atomic E-state index is -0.757. The molecule has 0 aromatic carbocycles. The van der Waals surface area contributed by atoms with Crippen molar-refractivity contribution in [1.29, 1.82) is 0 Å². The zero-order valence-corrected chi connectivity index (χ0v) is 38.4. The predicted molar refractivity (Wildman–Crippen MR) is 243 cm³/mol. The normalized spacial score (nSPS) is 12.0. The quantitative estimate of drug-likeness (QED) is 0.0264. The molecule has 0 aromatic heterocycles. The van der Waals surface area contributed by atoms with E-state index in [0.29, 0.717) is 19.3 Å². The summed E-state index contributed by atoms with van der Waals surface area (Å²) >= 11 is 0. The number of rotatable bonds is 46. The van der Waals surface area contributed by atoms with Crippen LogP contribution in [-0.2, 0) is 28.6 Å². The highest BCUT2D eigenvalue weighted by Crippen LogP contribution is 2.16. The van der Waals surface area contributed by atoms with Crippen LogP contribution in [0.3, 0.4) is 0 Å². The van der Waals surface area contributed by atoms with Crippen LogP contribution in [0.2, 0.25) is 0 Å². The minimum absolute atomic E-state index is 0.0675. The standard InChI is InChI=1S/C51H96O6/c1-4-7-10-13-14-15-16-17-18-19-20-21-22-23-24-25-26-27-28-29-30-31-32-33-34-35-36-39-41-44-50(53)56-47-48(57-51(54)45-42-38-12-9-6-3)46-55-49(52)43-40-37-11-8-5-2/h19-20,48H,4-18,21-47H2,1-3H3/b20-19-. The summed E-state index contributed by atoms with van der Waals surface area (Å²) in [6.45, 7) is 6.48. The lowest BCUT2D eigenvalue weighted by atomic mass is 10.0. The average molecular weight is 805 g/mol. The van der Waals surface area contributed by atoms with E-state index in [1.54, 1.807) is 0 Å². The molecule has 0 bridgehead atoms. The van der Waals surface area contributed by atoms with E-state index in [0.717, 1.165) is 70.6 Å². The maximum atomic E-state index is 12.5. The molecule has 0 aliphatic carbocycles. The molecule has 0 aromatic rings. The second kappa shape index (κ2) is 46.8. The lowest BCUT2D eigenvalue weighted by Gasteiger charge is -2.18. The summed E-state index contributed by atoms with van der Waals surface area (Å²) in [5, 5.41) is 0. The Morgan fingerprint density at radius 2 is 0.579 bits per heavy atom. The third-order valence-corrected chi connectivity index (χ3v) is 11.3. The van der Waals surface area contributed by atoms with Crippen LogP contribution in [-0.4, -0.2) is 37.2 Å². The first-order valence-electron chi connectivity index (χ1n) is 25.2. The second-order valence-electron chi connectivity index (χ2n) is 17.1. The van der Waals surface area contributed by atoms with E-state index in [2.05, 4.69) is 32.9 Å². The van der Waals surface area contributed by atoms with Gasteiger partial charge < -0.3 is 14.2 Å². The topological polar surface area (TPSA) is 78.9 Å². The Morgan fingerprint density at radius 3 is 0.877 bits per heavy atom. The van der Waals surface area contributed by atoms with Gasteiger partial charge >= 0.3 is 17.9 Å². The number of unbranched alkanes of at least 4 members (excludes halogenated alkanes) is 33. The van der Waals surface area contributed by atoms with Gasteiger partial charge in [-0.3, -0.25) is 14.4 Å². The number of hydrogen-bond donors (Lipinski definition) is 0. The summed E-state index contributed by atoms with van der Waals surface area (Å²) in [5.41, 5.74) is 0. The molecule has 6 nitrogen and oxygen atoms in total. The van der Waals surface area contributed by atoms with Gasteiger partial charge in [-0.2, -0.15) is 0 Å².